The molecule has 1 N–H and O–H groups in total. The number of rotatable bonds is 2. The molecule has 0 aromatic heterocycles. The SMILES string of the molecule is C#CCC(O)C1CC2CCC(C1)N2C. The predicted octanol–water partition coefficient (Wildman–Crippen LogP) is 1.24. The van der Waals surface area contributed by atoms with Crippen LogP contribution in [-0.2, 0) is 0 Å². The van der Waals surface area contributed by atoms with Crippen molar-refractivity contribution in [2.75, 3.05) is 7.05 Å². The molecule has 14 heavy (non-hydrogen) atoms. The highest BCUT2D eigenvalue weighted by Crippen LogP contribution is 2.39. The highest BCUT2D eigenvalue weighted by atomic mass is 16.3. The third-order valence-electron chi connectivity index (χ3n) is 4.01. The van der Waals surface area contributed by atoms with Crippen molar-refractivity contribution in [2.45, 2.75) is 50.3 Å². The van der Waals surface area contributed by atoms with E-state index in [4.69, 9.17) is 6.42 Å². The first-order valence-electron chi connectivity index (χ1n) is 5.56. The summed E-state index contributed by atoms with van der Waals surface area (Å²) < 4.78 is 0. The molecule has 2 heteroatoms. The molecule has 0 radical (unpaired) electrons. The van der Waals surface area contributed by atoms with E-state index in [-0.39, 0.29) is 6.10 Å². The topological polar surface area (TPSA) is 23.5 Å². The Morgan fingerprint density at radius 2 is 2.00 bits per heavy atom. The van der Waals surface area contributed by atoms with Crippen molar-refractivity contribution in [3.63, 3.8) is 0 Å². The second-order valence-corrected chi connectivity index (χ2v) is 4.76. The number of fused-ring (bicyclic) bond motifs is 2. The fraction of sp³-hybridized carbons (Fsp3) is 0.833. The lowest BCUT2D eigenvalue weighted by Gasteiger charge is -2.37. The molecule has 2 bridgehead atoms. The highest BCUT2D eigenvalue weighted by Gasteiger charge is 2.40. The molecule has 0 saturated carbocycles. The van der Waals surface area contributed by atoms with E-state index in [1.54, 1.807) is 0 Å². The lowest BCUT2D eigenvalue weighted by Crippen LogP contribution is -2.43. The van der Waals surface area contributed by atoms with Crippen LogP contribution >= 0.6 is 0 Å². The maximum atomic E-state index is 9.86. The molecule has 2 saturated heterocycles. The summed E-state index contributed by atoms with van der Waals surface area (Å²) in [6.45, 7) is 0. The van der Waals surface area contributed by atoms with Gasteiger partial charge in [0.15, 0.2) is 0 Å². The van der Waals surface area contributed by atoms with Gasteiger partial charge in [-0.3, -0.25) is 0 Å². The maximum Gasteiger partial charge on any atom is 0.0678 e. The summed E-state index contributed by atoms with van der Waals surface area (Å²) in [7, 11) is 2.21. The molecule has 78 valence electrons. The normalized spacial score (nSPS) is 39.4. The van der Waals surface area contributed by atoms with Gasteiger partial charge in [0.25, 0.3) is 0 Å². The van der Waals surface area contributed by atoms with E-state index in [1.807, 2.05) is 0 Å². The molecule has 2 rings (SSSR count). The number of hydrogen-bond acceptors (Lipinski definition) is 2. The van der Waals surface area contributed by atoms with Crippen molar-refractivity contribution in [1.29, 1.82) is 0 Å². The van der Waals surface area contributed by atoms with E-state index in [1.165, 1.54) is 12.8 Å². The van der Waals surface area contributed by atoms with Gasteiger partial charge in [-0.25, -0.2) is 0 Å². The fourth-order valence-corrected chi connectivity index (χ4v) is 3.06. The van der Waals surface area contributed by atoms with Crippen LogP contribution in [0, 0.1) is 18.3 Å². The van der Waals surface area contributed by atoms with Crippen molar-refractivity contribution in [1.82, 2.24) is 4.90 Å². The first-order valence-corrected chi connectivity index (χ1v) is 5.56. The zero-order chi connectivity index (χ0) is 10.1. The van der Waals surface area contributed by atoms with Crippen molar-refractivity contribution >= 4 is 0 Å². The zero-order valence-electron chi connectivity index (χ0n) is 8.82. The standard InChI is InChI=1S/C12H19NO/c1-3-4-12(14)9-7-10-5-6-11(8-9)13(10)2/h1,9-12,14H,4-8H2,2H3. The monoisotopic (exact) mass is 193 g/mol. The van der Waals surface area contributed by atoms with Gasteiger partial charge in [-0.1, -0.05) is 0 Å². The average molecular weight is 193 g/mol. The average Bonchev–Trinajstić information content (AvgIpc) is 2.42. The van der Waals surface area contributed by atoms with E-state index >= 15 is 0 Å². The third kappa shape index (κ3) is 1.67. The number of nitrogens with zero attached hydrogens (tertiary/aromatic N) is 1. The van der Waals surface area contributed by atoms with Gasteiger partial charge >= 0.3 is 0 Å². The third-order valence-corrected chi connectivity index (χ3v) is 4.01. The van der Waals surface area contributed by atoms with Crippen molar-refractivity contribution in [3.8, 4) is 12.3 Å². The quantitative estimate of drug-likeness (QED) is 0.667. The van der Waals surface area contributed by atoms with Crippen LogP contribution in [0.15, 0.2) is 0 Å². The van der Waals surface area contributed by atoms with Crippen molar-refractivity contribution < 1.29 is 5.11 Å². The van der Waals surface area contributed by atoms with E-state index in [9.17, 15) is 5.11 Å². The molecule has 0 aromatic carbocycles. The number of aliphatic hydroxyl groups is 1. The van der Waals surface area contributed by atoms with Crippen LogP contribution in [0.25, 0.3) is 0 Å². The predicted molar refractivity (Wildman–Crippen MR) is 56.8 cm³/mol. The smallest absolute Gasteiger partial charge is 0.0678 e. The summed E-state index contributed by atoms with van der Waals surface area (Å²) in [6.07, 6.45) is 10.4. The minimum Gasteiger partial charge on any atom is -0.392 e. The van der Waals surface area contributed by atoms with Gasteiger partial charge in [0.1, 0.15) is 0 Å². The van der Waals surface area contributed by atoms with Gasteiger partial charge in [-0.15, -0.1) is 12.3 Å². The second-order valence-electron chi connectivity index (χ2n) is 4.76. The Hall–Kier alpha value is -0.520. The molecule has 3 atom stereocenters. The van der Waals surface area contributed by atoms with Crippen molar-refractivity contribution in [2.24, 2.45) is 5.92 Å². The molecule has 2 heterocycles. The van der Waals surface area contributed by atoms with Gasteiger partial charge in [0, 0.05) is 18.5 Å². The molecular formula is C12H19NO. The Balaban J connectivity index is 1.96. The van der Waals surface area contributed by atoms with Crippen LogP contribution in [0.3, 0.4) is 0 Å². The molecule has 3 unspecified atom stereocenters. The molecule has 2 aliphatic heterocycles. The van der Waals surface area contributed by atoms with Gasteiger partial charge in [-0.2, -0.15) is 0 Å². The second kappa shape index (κ2) is 3.92. The fourth-order valence-electron chi connectivity index (χ4n) is 3.06. The number of aliphatic hydroxyl groups excluding tert-OH is 1. The summed E-state index contributed by atoms with van der Waals surface area (Å²) in [4.78, 5) is 2.49. The molecule has 0 aromatic rings. The van der Waals surface area contributed by atoms with E-state index in [0.717, 1.165) is 12.8 Å². The molecule has 0 spiro atoms. The van der Waals surface area contributed by atoms with Gasteiger partial charge in [0.2, 0.25) is 0 Å². The Morgan fingerprint density at radius 1 is 1.43 bits per heavy atom. The largest absolute Gasteiger partial charge is 0.392 e. The first kappa shape index (κ1) is 10.0. The summed E-state index contributed by atoms with van der Waals surface area (Å²) in [5.41, 5.74) is 0. The molecule has 0 amide bonds. The van der Waals surface area contributed by atoms with Gasteiger partial charge < -0.3 is 10.0 Å². The number of piperidine rings is 1. The van der Waals surface area contributed by atoms with Crippen LogP contribution in [-0.4, -0.2) is 35.2 Å². The van der Waals surface area contributed by atoms with Crippen LogP contribution in [0.1, 0.15) is 32.1 Å². The molecule has 0 aliphatic carbocycles. The Labute approximate surface area is 86.3 Å². The van der Waals surface area contributed by atoms with E-state index < -0.39 is 0 Å². The summed E-state index contributed by atoms with van der Waals surface area (Å²) in [5, 5.41) is 9.86. The first-order chi connectivity index (χ1) is 6.72. The zero-order valence-corrected chi connectivity index (χ0v) is 8.82. The minimum absolute atomic E-state index is 0.267. The lowest BCUT2D eigenvalue weighted by molar-refractivity contribution is 0.0394. The van der Waals surface area contributed by atoms with Crippen molar-refractivity contribution in [3.05, 3.63) is 0 Å². The summed E-state index contributed by atoms with van der Waals surface area (Å²) >= 11 is 0. The van der Waals surface area contributed by atoms with Crippen LogP contribution < -0.4 is 0 Å². The highest BCUT2D eigenvalue weighted by molar-refractivity contribution is 4.97. The van der Waals surface area contributed by atoms with E-state index in [2.05, 4.69) is 17.9 Å². The minimum atomic E-state index is -0.267. The summed E-state index contributed by atoms with van der Waals surface area (Å²) in [6, 6.07) is 1.40. The van der Waals surface area contributed by atoms with E-state index in [0.29, 0.717) is 24.4 Å². The summed E-state index contributed by atoms with van der Waals surface area (Å²) in [5.74, 6) is 3.01. The van der Waals surface area contributed by atoms with Crippen LogP contribution in [0.2, 0.25) is 0 Å². The molecule has 2 nitrogen and oxygen atoms in total. The lowest BCUT2D eigenvalue weighted by atomic mass is 9.85. The molecular weight excluding hydrogens is 174 g/mol. The maximum absolute atomic E-state index is 9.86. The van der Waals surface area contributed by atoms with Gasteiger partial charge in [0.05, 0.1) is 6.10 Å². The number of hydrogen-bond donors (Lipinski definition) is 1. The Kier molecular flexibility index (Phi) is 2.80. The Bertz CT molecular complexity index is 231. The van der Waals surface area contributed by atoms with Gasteiger partial charge in [-0.05, 0) is 38.6 Å². The van der Waals surface area contributed by atoms with Crippen LogP contribution in [0.4, 0.5) is 0 Å². The van der Waals surface area contributed by atoms with Crippen LogP contribution in [0.5, 0.6) is 0 Å². The number of terminal acetylenes is 1. The Morgan fingerprint density at radius 3 is 2.50 bits per heavy atom. The molecule has 2 aliphatic rings. The molecule has 2 fully saturated rings.